The third-order valence-corrected chi connectivity index (χ3v) is 5.20. The fourth-order valence-electron chi connectivity index (χ4n) is 2.52. The lowest BCUT2D eigenvalue weighted by Gasteiger charge is -2.27. The summed E-state index contributed by atoms with van der Waals surface area (Å²) in [5.41, 5.74) is 3.42. The molecule has 0 aliphatic carbocycles. The predicted octanol–water partition coefficient (Wildman–Crippen LogP) is 3.04. The van der Waals surface area contributed by atoms with Crippen molar-refractivity contribution >= 4 is 39.4 Å². The highest BCUT2D eigenvalue weighted by atomic mass is 35.5. The summed E-state index contributed by atoms with van der Waals surface area (Å²) in [6.45, 7) is 3.84. The van der Waals surface area contributed by atoms with Gasteiger partial charge < -0.3 is 4.74 Å². The minimum Gasteiger partial charge on any atom is -0.494 e. The number of amides is 1. The van der Waals surface area contributed by atoms with Crippen molar-refractivity contribution in [2.45, 2.75) is 19.9 Å². The van der Waals surface area contributed by atoms with Crippen molar-refractivity contribution < 1.29 is 17.9 Å². The van der Waals surface area contributed by atoms with Crippen LogP contribution in [0, 0.1) is 0 Å². The normalized spacial score (nSPS) is 12.6. The Morgan fingerprint density at radius 2 is 1.96 bits per heavy atom. The van der Waals surface area contributed by atoms with Gasteiger partial charge in [-0.2, -0.15) is 5.10 Å². The van der Waals surface area contributed by atoms with Crippen molar-refractivity contribution in [3.63, 3.8) is 0 Å². The van der Waals surface area contributed by atoms with E-state index >= 15 is 0 Å². The van der Waals surface area contributed by atoms with Crippen LogP contribution in [0.25, 0.3) is 0 Å². The SMILES string of the molecule is CCOc1ccc(N([C@@H](C)C(=O)N/N=C\c2cccc(Cl)c2)S(C)(=O)=O)cc1. The standard InChI is InChI=1S/C19H22ClN3O4S/c1-4-27-18-10-8-17(9-11-18)23(28(3,25)26)14(2)19(24)22-21-13-15-6-5-7-16(20)12-15/h5-14H,4H2,1-3H3,(H,22,24)/b21-13-/t14-/m0/s1. The lowest BCUT2D eigenvalue weighted by atomic mass is 10.2. The number of carbonyl (C=O) groups is 1. The van der Waals surface area contributed by atoms with Crippen molar-refractivity contribution in [1.82, 2.24) is 5.43 Å². The Morgan fingerprint density at radius 1 is 1.29 bits per heavy atom. The second-order valence-corrected chi connectivity index (χ2v) is 8.25. The summed E-state index contributed by atoms with van der Waals surface area (Å²) in [7, 11) is -3.71. The largest absolute Gasteiger partial charge is 0.494 e. The maximum absolute atomic E-state index is 12.4. The van der Waals surface area contributed by atoms with Crippen LogP contribution in [0.1, 0.15) is 19.4 Å². The topological polar surface area (TPSA) is 88.1 Å². The van der Waals surface area contributed by atoms with Gasteiger partial charge in [0.05, 0.1) is 24.8 Å². The first-order chi connectivity index (χ1) is 13.2. The van der Waals surface area contributed by atoms with Gasteiger partial charge in [-0.25, -0.2) is 13.8 Å². The number of hydrogen-bond acceptors (Lipinski definition) is 5. The quantitative estimate of drug-likeness (QED) is 0.522. The number of benzene rings is 2. The van der Waals surface area contributed by atoms with Gasteiger partial charge >= 0.3 is 0 Å². The van der Waals surface area contributed by atoms with Crippen LogP contribution in [0.15, 0.2) is 53.6 Å². The molecule has 150 valence electrons. The molecule has 0 aliphatic heterocycles. The molecule has 1 N–H and O–H groups in total. The molecule has 0 aliphatic rings. The first-order valence-electron chi connectivity index (χ1n) is 8.53. The molecule has 2 aromatic rings. The van der Waals surface area contributed by atoms with Crippen LogP contribution in [0.4, 0.5) is 5.69 Å². The number of ether oxygens (including phenoxy) is 1. The number of hydrazone groups is 1. The minimum absolute atomic E-state index is 0.354. The van der Waals surface area contributed by atoms with E-state index in [4.69, 9.17) is 16.3 Å². The highest BCUT2D eigenvalue weighted by molar-refractivity contribution is 7.92. The molecule has 0 unspecified atom stereocenters. The van der Waals surface area contributed by atoms with Crippen LogP contribution in [0.2, 0.25) is 5.02 Å². The van der Waals surface area contributed by atoms with Crippen molar-refractivity contribution in [2.75, 3.05) is 17.2 Å². The Morgan fingerprint density at radius 3 is 2.54 bits per heavy atom. The Balaban J connectivity index is 2.15. The van der Waals surface area contributed by atoms with Crippen molar-refractivity contribution in [2.24, 2.45) is 5.10 Å². The Kier molecular flexibility index (Phi) is 7.42. The van der Waals surface area contributed by atoms with Gasteiger partial charge in [-0.1, -0.05) is 23.7 Å². The summed E-state index contributed by atoms with van der Waals surface area (Å²) < 4.78 is 31.0. The van der Waals surface area contributed by atoms with Gasteiger partial charge in [-0.3, -0.25) is 9.10 Å². The zero-order valence-corrected chi connectivity index (χ0v) is 17.4. The smallest absolute Gasteiger partial charge is 0.263 e. The maximum Gasteiger partial charge on any atom is 0.263 e. The molecule has 9 heteroatoms. The number of rotatable bonds is 8. The van der Waals surface area contributed by atoms with Crippen molar-refractivity contribution in [3.8, 4) is 5.75 Å². The molecule has 0 radical (unpaired) electrons. The molecule has 0 bridgehead atoms. The summed E-state index contributed by atoms with van der Waals surface area (Å²) in [6.07, 6.45) is 2.47. The van der Waals surface area contributed by atoms with Gasteiger partial charge in [-0.05, 0) is 55.8 Å². The monoisotopic (exact) mass is 423 g/mol. The van der Waals surface area contributed by atoms with Crippen LogP contribution < -0.4 is 14.5 Å². The molecule has 0 saturated heterocycles. The van der Waals surface area contributed by atoms with Crippen LogP contribution in [-0.2, 0) is 14.8 Å². The van der Waals surface area contributed by atoms with Gasteiger partial charge in [-0.15, -0.1) is 0 Å². The third-order valence-electron chi connectivity index (χ3n) is 3.73. The fourth-order valence-corrected chi connectivity index (χ4v) is 3.89. The molecule has 28 heavy (non-hydrogen) atoms. The molecule has 2 aromatic carbocycles. The number of anilines is 1. The van der Waals surface area contributed by atoms with Crippen LogP contribution in [0.3, 0.4) is 0 Å². The number of halogens is 1. The molecule has 0 saturated carbocycles. The second-order valence-electron chi connectivity index (χ2n) is 5.95. The van der Waals surface area contributed by atoms with E-state index in [-0.39, 0.29) is 0 Å². The maximum atomic E-state index is 12.4. The van der Waals surface area contributed by atoms with E-state index in [0.717, 1.165) is 10.6 Å². The number of nitrogens with one attached hydrogen (secondary N) is 1. The molecule has 1 atom stereocenters. The Hall–Kier alpha value is -2.58. The van der Waals surface area contributed by atoms with Gasteiger partial charge in [0.1, 0.15) is 11.8 Å². The van der Waals surface area contributed by atoms with Crippen molar-refractivity contribution in [1.29, 1.82) is 0 Å². The molecule has 7 nitrogen and oxygen atoms in total. The Bertz CT molecular complexity index is 946. The number of carbonyl (C=O) groups excluding carboxylic acids is 1. The first-order valence-corrected chi connectivity index (χ1v) is 10.8. The van der Waals surface area contributed by atoms with Gasteiger partial charge in [0.25, 0.3) is 5.91 Å². The summed E-state index contributed by atoms with van der Waals surface area (Å²) in [6, 6.07) is 12.4. The van der Waals surface area contributed by atoms with E-state index in [2.05, 4.69) is 10.5 Å². The van der Waals surface area contributed by atoms with E-state index in [1.165, 1.54) is 13.1 Å². The average Bonchev–Trinajstić information content (AvgIpc) is 2.62. The van der Waals surface area contributed by atoms with E-state index in [9.17, 15) is 13.2 Å². The lowest BCUT2D eigenvalue weighted by Crippen LogP contribution is -2.46. The van der Waals surface area contributed by atoms with Gasteiger partial charge in [0.2, 0.25) is 10.0 Å². The second kappa shape index (κ2) is 9.57. The molecular formula is C19H22ClN3O4S. The lowest BCUT2D eigenvalue weighted by molar-refractivity contribution is -0.121. The van der Waals surface area contributed by atoms with Crippen LogP contribution >= 0.6 is 11.6 Å². The van der Waals surface area contributed by atoms with Gasteiger partial charge in [0, 0.05) is 5.02 Å². The Labute approximate surface area is 170 Å². The highest BCUT2D eigenvalue weighted by Gasteiger charge is 2.29. The molecule has 0 spiro atoms. The zero-order chi connectivity index (χ0) is 20.7. The molecule has 2 rings (SSSR count). The van der Waals surface area contributed by atoms with E-state index in [1.807, 2.05) is 6.92 Å². The summed E-state index contributed by atoms with van der Waals surface area (Å²) in [4.78, 5) is 12.4. The molecular weight excluding hydrogens is 402 g/mol. The summed E-state index contributed by atoms with van der Waals surface area (Å²) in [5, 5.41) is 4.42. The highest BCUT2D eigenvalue weighted by Crippen LogP contribution is 2.24. The summed E-state index contributed by atoms with van der Waals surface area (Å²) >= 11 is 5.90. The summed E-state index contributed by atoms with van der Waals surface area (Å²) in [5.74, 6) is 0.0421. The third kappa shape index (κ3) is 5.97. The number of nitrogens with zero attached hydrogens (tertiary/aromatic N) is 2. The van der Waals surface area contributed by atoms with E-state index in [1.54, 1.807) is 48.5 Å². The molecule has 0 aromatic heterocycles. The van der Waals surface area contributed by atoms with Gasteiger partial charge in [0.15, 0.2) is 0 Å². The number of hydrogen-bond donors (Lipinski definition) is 1. The predicted molar refractivity (Wildman–Crippen MR) is 112 cm³/mol. The van der Waals surface area contributed by atoms with E-state index in [0.29, 0.717) is 28.6 Å². The van der Waals surface area contributed by atoms with Crippen LogP contribution in [-0.4, -0.2) is 39.4 Å². The van der Waals surface area contributed by atoms with E-state index < -0.39 is 22.0 Å². The molecule has 0 fully saturated rings. The fraction of sp³-hybridized carbons (Fsp3) is 0.263. The molecule has 0 heterocycles. The average molecular weight is 424 g/mol. The number of sulfonamides is 1. The minimum atomic E-state index is -3.71. The first kappa shape index (κ1) is 21.7. The molecule has 1 amide bonds. The van der Waals surface area contributed by atoms with Crippen LogP contribution in [0.5, 0.6) is 5.75 Å². The van der Waals surface area contributed by atoms with Crippen molar-refractivity contribution in [3.05, 3.63) is 59.1 Å². The zero-order valence-electron chi connectivity index (χ0n) is 15.8.